The highest BCUT2D eigenvalue weighted by Crippen LogP contribution is 2.22. The summed E-state index contributed by atoms with van der Waals surface area (Å²) in [6.07, 6.45) is 0. The molecule has 0 bridgehead atoms. The molecule has 19 heavy (non-hydrogen) atoms. The number of hydrogen-bond acceptors (Lipinski definition) is 3. The van der Waals surface area contributed by atoms with Gasteiger partial charge in [-0.3, -0.25) is 9.59 Å². The number of aromatic nitrogens is 1. The van der Waals surface area contributed by atoms with Crippen LogP contribution in [0, 0.1) is 0 Å². The van der Waals surface area contributed by atoms with Crippen LogP contribution in [-0.2, 0) is 4.79 Å². The van der Waals surface area contributed by atoms with Crippen molar-refractivity contribution in [3.8, 4) is 0 Å². The van der Waals surface area contributed by atoms with Crippen molar-refractivity contribution in [3.63, 3.8) is 0 Å². The molecule has 2 aromatic rings. The fourth-order valence-electron chi connectivity index (χ4n) is 1.60. The predicted molar refractivity (Wildman–Crippen MR) is 71.3 cm³/mol. The second-order valence-electron chi connectivity index (χ2n) is 4.05. The molecule has 1 amide bonds. The third-order valence-corrected chi connectivity index (χ3v) is 2.93. The lowest BCUT2D eigenvalue weighted by molar-refractivity contribution is -0.138. The second kappa shape index (κ2) is 5.24. The molecule has 0 spiro atoms. The summed E-state index contributed by atoms with van der Waals surface area (Å²) in [7, 11) is 0. The number of amides is 1. The van der Waals surface area contributed by atoms with Crippen LogP contribution < -0.4 is 5.32 Å². The zero-order valence-corrected chi connectivity index (χ0v) is 10.8. The van der Waals surface area contributed by atoms with Crippen molar-refractivity contribution in [2.45, 2.75) is 13.0 Å². The smallest absolute Gasteiger partial charge is 0.325 e. The van der Waals surface area contributed by atoms with Crippen LogP contribution in [0.3, 0.4) is 0 Å². The molecule has 0 aliphatic heterocycles. The van der Waals surface area contributed by atoms with Gasteiger partial charge in [-0.05, 0) is 18.4 Å². The molecule has 0 unspecified atom stereocenters. The van der Waals surface area contributed by atoms with E-state index in [0.717, 1.165) is 10.8 Å². The minimum Gasteiger partial charge on any atom is -0.480 e. The van der Waals surface area contributed by atoms with E-state index in [1.54, 1.807) is 18.2 Å². The molecule has 0 aliphatic rings. The van der Waals surface area contributed by atoms with E-state index < -0.39 is 17.9 Å². The van der Waals surface area contributed by atoms with Gasteiger partial charge >= 0.3 is 5.97 Å². The molecule has 0 saturated carbocycles. The lowest BCUT2D eigenvalue weighted by Crippen LogP contribution is -2.38. The summed E-state index contributed by atoms with van der Waals surface area (Å²) in [6, 6.07) is 7.83. The van der Waals surface area contributed by atoms with Crippen LogP contribution in [0.5, 0.6) is 0 Å². The van der Waals surface area contributed by atoms with Gasteiger partial charge in [0.1, 0.15) is 16.9 Å². The Hall–Kier alpha value is -2.14. The highest BCUT2D eigenvalue weighted by atomic mass is 35.5. The van der Waals surface area contributed by atoms with Gasteiger partial charge in [0.05, 0.1) is 0 Å². The molecule has 0 saturated heterocycles. The summed E-state index contributed by atoms with van der Waals surface area (Å²) < 4.78 is 0. The second-order valence-corrected chi connectivity index (χ2v) is 4.41. The molecule has 98 valence electrons. The number of carboxylic acids is 1. The van der Waals surface area contributed by atoms with Gasteiger partial charge in [-0.25, -0.2) is 4.98 Å². The van der Waals surface area contributed by atoms with Crippen LogP contribution in [-0.4, -0.2) is 28.0 Å². The summed E-state index contributed by atoms with van der Waals surface area (Å²) in [5.41, 5.74) is 0.0943. The molecule has 1 heterocycles. The molecule has 0 radical (unpaired) electrons. The van der Waals surface area contributed by atoms with E-state index in [2.05, 4.69) is 10.3 Å². The van der Waals surface area contributed by atoms with Crippen molar-refractivity contribution in [1.82, 2.24) is 10.3 Å². The highest BCUT2D eigenvalue weighted by molar-refractivity contribution is 6.34. The van der Waals surface area contributed by atoms with E-state index in [0.29, 0.717) is 0 Å². The Morgan fingerprint density at radius 3 is 2.74 bits per heavy atom. The van der Waals surface area contributed by atoms with Crippen LogP contribution in [0.2, 0.25) is 5.15 Å². The Kier molecular flexibility index (Phi) is 3.66. The summed E-state index contributed by atoms with van der Waals surface area (Å²) in [6.45, 7) is 1.38. The molecule has 0 aliphatic carbocycles. The summed E-state index contributed by atoms with van der Waals surface area (Å²) in [4.78, 5) is 26.5. The van der Waals surface area contributed by atoms with Crippen molar-refractivity contribution in [2.24, 2.45) is 0 Å². The zero-order chi connectivity index (χ0) is 14.0. The van der Waals surface area contributed by atoms with Crippen molar-refractivity contribution in [2.75, 3.05) is 0 Å². The summed E-state index contributed by atoms with van der Waals surface area (Å²) in [5.74, 6) is -1.68. The Bertz CT molecular complexity index is 657. The molecule has 6 heteroatoms. The van der Waals surface area contributed by atoms with Crippen molar-refractivity contribution in [1.29, 1.82) is 0 Å². The molecule has 1 atom stereocenters. The standard InChI is InChI=1S/C13H11ClN2O3/c1-7(13(18)19)15-12(17)10-6-8-4-2-3-5-9(8)11(14)16-10/h2-7H,1H3,(H,15,17)(H,18,19)/t7-/m1/s1. The Balaban J connectivity index is 2.35. The van der Waals surface area contributed by atoms with Gasteiger partial charge in [0, 0.05) is 5.39 Å². The lowest BCUT2D eigenvalue weighted by atomic mass is 10.1. The lowest BCUT2D eigenvalue weighted by Gasteiger charge is -2.09. The number of hydrogen-bond donors (Lipinski definition) is 2. The Labute approximate surface area is 114 Å². The molecule has 5 nitrogen and oxygen atoms in total. The van der Waals surface area contributed by atoms with Gasteiger partial charge in [-0.15, -0.1) is 0 Å². The molecule has 2 rings (SSSR count). The number of carbonyl (C=O) groups is 2. The van der Waals surface area contributed by atoms with Gasteiger partial charge in [-0.2, -0.15) is 0 Å². The third-order valence-electron chi connectivity index (χ3n) is 2.64. The molecule has 2 N–H and O–H groups in total. The van der Waals surface area contributed by atoms with E-state index >= 15 is 0 Å². The summed E-state index contributed by atoms with van der Waals surface area (Å²) in [5, 5.41) is 12.8. The molecule has 1 aromatic carbocycles. The summed E-state index contributed by atoms with van der Waals surface area (Å²) >= 11 is 6.00. The van der Waals surface area contributed by atoms with E-state index in [-0.39, 0.29) is 10.8 Å². The largest absolute Gasteiger partial charge is 0.480 e. The normalized spacial score (nSPS) is 12.1. The van der Waals surface area contributed by atoms with Gasteiger partial charge in [0.15, 0.2) is 0 Å². The first-order chi connectivity index (χ1) is 8.99. The van der Waals surface area contributed by atoms with Gasteiger partial charge in [0.25, 0.3) is 5.91 Å². The number of carbonyl (C=O) groups excluding carboxylic acids is 1. The first-order valence-corrected chi connectivity index (χ1v) is 5.96. The van der Waals surface area contributed by atoms with E-state index in [9.17, 15) is 9.59 Å². The van der Waals surface area contributed by atoms with E-state index in [1.165, 1.54) is 6.92 Å². The fourth-order valence-corrected chi connectivity index (χ4v) is 1.87. The van der Waals surface area contributed by atoms with Gasteiger partial charge in [-0.1, -0.05) is 35.9 Å². The van der Waals surface area contributed by atoms with E-state index in [4.69, 9.17) is 16.7 Å². The van der Waals surface area contributed by atoms with Crippen LogP contribution in [0.25, 0.3) is 10.8 Å². The number of nitrogens with one attached hydrogen (secondary N) is 1. The Morgan fingerprint density at radius 2 is 2.05 bits per heavy atom. The molecular weight excluding hydrogens is 268 g/mol. The minimum atomic E-state index is -1.11. The molecule has 0 fully saturated rings. The average molecular weight is 279 g/mol. The van der Waals surface area contributed by atoms with Crippen LogP contribution in [0.4, 0.5) is 0 Å². The fraction of sp³-hybridized carbons (Fsp3) is 0.154. The first kappa shape index (κ1) is 13.3. The predicted octanol–water partition coefficient (Wildman–Crippen LogP) is 2.09. The number of benzene rings is 1. The van der Waals surface area contributed by atoms with Gasteiger partial charge < -0.3 is 10.4 Å². The SMILES string of the molecule is C[C@@H](NC(=O)c1cc2ccccc2c(Cl)n1)C(=O)O. The number of aliphatic carboxylic acids is 1. The Morgan fingerprint density at radius 1 is 1.37 bits per heavy atom. The first-order valence-electron chi connectivity index (χ1n) is 5.58. The quantitative estimate of drug-likeness (QED) is 0.843. The van der Waals surface area contributed by atoms with Crippen molar-refractivity contribution >= 4 is 34.2 Å². The number of rotatable bonds is 3. The zero-order valence-electron chi connectivity index (χ0n) is 10.1. The minimum absolute atomic E-state index is 0.0943. The van der Waals surface area contributed by atoms with Gasteiger partial charge in [0.2, 0.25) is 0 Å². The average Bonchev–Trinajstić information content (AvgIpc) is 2.38. The molecular formula is C13H11ClN2O3. The van der Waals surface area contributed by atoms with Crippen LogP contribution in [0.15, 0.2) is 30.3 Å². The molecule has 1 aromatic heterocycles. The highest BCUT2D eigenvalue weighted by Gasteiger charge is 2.17. The monoisotopic (exact) mass is 278 g/mol. The number of pyridine rings is 1. The number of halogens is 1. The number of nitrogens with zero attached hydrogens (tertiary/aromatic N) is 1. The maximum atomic E-state index is 11.9. The maximum Gasteiger partial charge on any atom is 0.325 e. The van der Waals surface area contributed by atoms with Crippen LogP contribution >= 0.6 is 11.6 Å². The number of carboxylic acid groups (broad SMARTS) is 1. The van der Waals surface area contributed by atoms with Crippen molar-refractivity contribution < 1.29 is 14.7 Å². The third kappa shape index (κ3) is 2.82. The topological polar surface area (TPSA) is 79.3 Å². The maximum absolute atomic E-state index is 11.9. The number of fused-ring (bicyclic) bond motifs is 1. The van der Waals surface area contributed by atoms with Crippen LogP contribution in [0.1, 0.15) is 17.4 Å². The van der Waals surface area contributed by atoms with Crippen molar-refractivity contribution in [3.05, 3.63) is 41.2 Å². The van der Waals surface area contributed by atoms with E-state index in [1.807, 2.05) is 12.1 Å².